The largest absolute Gasteiger partial charge is 0.454 e. The smallest absolute Gasteiger partial charge is 0.307 e. The zero-order chi connectivity index (χ0) is 15.5. The first-order valence-corrected chi connectivity index (χ1v) is 6.96. The van der Waals surface area contributed by atoms with Gasteiger partial charge < -0.3 is 4.42 Å². The topological polar surface area (TPSA) is 116 Å². The fraction of sp³-hybridized carbons (Fsp3) is 0.0833. The number of hydrogen-bond donors (Lipinski definition) is 1. The molecule has 9 nitrogen and oxygen atoms in total. The van der Waals surface area contributed by atoms with Gasteiger partial charge in [-0.25, -0.2) is 4.98 Å². The second-order valence-electron chi connectivity index (χ2n) is 4.21. The van der Waals surface area contributed by atoms with Gasteiger partial charge in [-0.2, -0.15) is 5.10 Å². The Labute approximate surface area is 127 Å². The standard InChI is InChI=1S/C12H9N5O4S/c18-11(15-12-13-3-4-22-12)10-2-1-9(21-10)7-16-6-8(5-14-16)17(19)20/h1-6H,7H2,(H,13,15,18). The summed E-state index contributed by atoms with van der Waals surface area (Å²) in [5, 5.41) is 19.3. The lowest BCUT2D eigenvalue weighted by molar-refractivity contribution is -0.385. The molecule has 0 atom stereocenters. The minimum Gasteiger partial charge on any atom is -0.454 e. The number of furan rings is 1. The minimum absolute atomic E-state index is 0.103. The Morgan fingerprint density at radius 2 is 2.36 bits per heavy atom. The van der Waals surface area contributed by atoms with Gasteiger partial charge in [-0.3, -0.25) is 24.9 Å². The van der Waals surface area contributed by atoms with Crippen molar-refractivity contribution in [3.63, 3.8) is 0 Å². The van der Waals surface area contributed by atoms with E-state index in [0.717, 1.165) is 6.20 Å². The number of rotatable bonds is 5. The van der Waals surface area contributed by atoms with Crippen molar-refractivity contribution >= 4 is 28.1 Å². The van der Waals surface area contributed by atoms with Gasteiger partial charge in [0.05, 0.1) is 11.5 Å². The van der Waals surface area contributed by atoms with Gasteiger partial charge in [-0.05, 0) is 12.1 Å². The molecule has 22 heavy (non-hydrogen) atoms. The molecule has 0 spiro atoms. The first-order chi connectivity index (χ1) is 10.6. The highest BCUT2D eigenvalue weighted by Crippen LogP contribution is 2.15. The fourth-order valence-electron chi connectivity index (χ4n) is 1.72. The van der Waals surface area contributed by atoms with Gasteiger partial charge >= 0.3 is 5.69 Å². The van der Waals surface area contributed by atoms with Crippen molar-refractivity contribution in [1.82, 2.24) is 14.8 Å². The van der Waals surface area contributed by atoms with Crippen LogP contribution in [0.1, 0.15) is 16.3 Å². The van der Waals surface area contributed by atoms with Crippen LogP contribution in [0.25, 0.3) is 0 Å². The van der Waals surface area contributed by atoms with Crippen LogP contribution in [0.4, 0.5) is 10.8 Å². The van der Waals surface area contributed by atoms with E-state index >= 15 is 0 Å². The van der Waals surface area contributed by atoms with E-state index in [0.29, 0.717) is 10.9 Å². The molecule has 0 saturated carbocycles. The summed E-state index contributed by atoms with van der Waals surface area (Å²) in [5.74, 6) is 0.182. The quantitative estimate of drug-likeness (QED) is 0.569. The van der Waals surface area contributed by atoms with Crippen molar-refractivity contribution in [3.8, 4) is 0 Å². The zero-order valence-corrected chi connectivity index (χ0v) is 11.8. The summed E-state index contributed by atoms with van der Waals surface area (Å²) in [7, 11) is 0. The lowest BCUT2D eigenvalue weighted by atomic mass is 10.4. The third-order valence-electron chi connectivity index (χ3n) is 2.69. The SMILES string of the molecule is O=C(Nc1nccs1)c1ccc(Cn2cc([N+](=O)[O-])cn2)o1. The van der Waals surface area contributed by atoms with Crippen LogP contribution in [-0.2, 0) is 6.54 Å². The van der Waals surface area contributed by atoms with Gasteiger partial charge in [-0.15, -0.1) is 11.3 Å². The van der Waals surface area contributed by atoms with E-state index in [2.05, 4.69) is 15.4 Å². The van der Waals surface area contributed by atoms with E-state index in [9.17, 15) is 14.9 Å². The number of hydrogen-bond acceptors (Lipinski definition) is 7. The maximum absolute atomic E-state index is 11.9. The van der Waals surface area contributed by atoms with E-state index in [-0.39, 0.29) is 18.0 Å². The Kier molecular flexibility index (Phi) is 3.66. The first-order valence-electron chi connectivity index (χ1n) is 6.08. The molecule has 112 valence electrons. The number of aromatic nitrogens is 3. The number of carbonyl (C=O) groups is 1. The number of anilines is 1. The summed E-state index contributed by atoms with van der Waals surface area (Å²) in [5.41, 5.74) is -0.103. The third kappa shape index (κ3) is 3.01. The monoisotopic (exact) mass is 319 g/mol. The van der Waals surface area contributed by atoms with Crippen LogP contribution >= 0.6 is 11.3 Å². The van der Waals surface area contributed by atoms with Gasteiger partial charge in [0.15, 0.2) is 10.9 Å². The molecule has 3 aromatic heterocycles. The molecule has 1 N–H and O–H groups in total. The molecule has 3 rings (SSSR count). The maximum Gasteiger partial charge on any atom is 0.307 e. The van der Waals surface area contributed by atoms with Crippen molar-refractivity contribution in [1.29, 1.82) is 0 Å². The molecule has 0 bridgehead atoms. The summed E-state index contributed by atoms with van der Waals surface area (Å²) in [6.45, 7) is 0.193. The molecule has 0 aliphatic heterocycles. The molecule has 0 aliphatic rings. The van der Waals surface area contributed by atoms with Crippen molar-refractivity contribution in [2.45, 2.75) is 6.54 Å². The normalized spacial score (nSPS) is 10.5. The molecule has 0 unspecified atom stereocenters. The molecule has 10 heteroatoms. The van der Waals surface area contributed by atoms with Crippen LogP contribution in [0, 0.1) is 10.1 Å². The van der Waals surface area contributed by atoms with E-state index in [1.54, 1.807) is 17.6 Å². The van der Waals surface area contributed by atoms with Crippen molar-refractivity contribution < 1.29 is 14.1 Å². The number of nitrogens with zero attached hydrogens (tertiary/aromatic N) is 4. The summed E-state index contributed by atoms with van der Waals surface area (Å²) >= 11 is 1.30. The fourth-order valence-corrected chi connectivity index (χ4v) is 2.25. The molecular weight excluding hydrogens is 310 g/mol. The van der Waals surface area contributed by atoms with E-state index < -0.39 is 10.8 Å². The Morgan fingerprint density at radius 1 is 1.50 bits per heavy atom. The summed E-state index contributed by atoms with van der Waals surface area (Å²) in [6, 6.07) is 3.14. The number of thiazole rings is 1. The number of nitro groups is 1. The predicted octanol–water partition coefficient (Wildman–Crippen LogP) is 2.14. The Morgan fingerprint density at radius 3 is 3.05 bits per heavy atom. The highest BCUT2D eigenvalue weighted by Gasteiger charge is 2.14. The molecule has 0 aromatic carbocycles. The molecule has 0 aliphatic carbocycles. The average molecular weight is 319 g/mol. The molecule has 3 aromatic rings. The summed E-state index contributed by atoms with van der Waals surface area (Å²) < 4.78 is 6.76. The minimum atomic E-state index is -0.529. The van der Waals surface area contributed by atoms with E-state index in [1.165, 1.54) is 28.3 Å². The van der Waals surface area contributed by atoms with Crippen LogP contribution in [0.3, 0.4) is 0 Å². The average Bonchev–Trinajstić information content (AvgIpc) is 3.19. The second kappa shape index (κ2) is 5.77. The molecule has 0 saturated heterocycles. The Balaban J connectivity index is 1.67. The third-order valence-corrected chi connectivity index (χ3v) is 3.38. The Hall–Kier alpha value is -3.01. The molecule has 0 radical (unpaired) electrons. The second-order valence-corrected chi connectivity index (χ2v) is 5.11. The first kappa shape index (κ1) is 13.9. The van der Waals surface area contributed by atoms with Gasteiger partial charge in [0.25, 0.3) is 5.91 Å². The van der Waals surface area contributed by atoms with Crippen molar-refractivity contribution in [3.05, 3.63) is 57.7 Å². The van der Waals surface area contributed by atoms with Gasteiger partial charge in [0.2, 0.25) is 0 Å². The van der Waals surface area contributed by atoms with Gasteiger partial charge in [0.1, 0.15) is 18.2 Å². The van der Waals surface area contributed by atoms with E-state index in [4.69, 9.17) is 4.42 Å². The van der Waals surface area contributed by atoms with Crippen LogP contribution in [0.2, 0.25) is 0 Å². The van der Waals surface area contributed by atoms with Crippen LogP contribution in [0.15, 0.2) is 40.5 Å². The van der Waals surface area contributed by atoms with Gasteiger partial charge in [0, 0.05) is 11.6 Å². The lowest BCUT2D eigenvalue weighted by Crippen LogP contribution is -2.10. The van der Waals surface area contributed by atoms with E-state index in [1.807, 2.05) is 0 Å². The highest BCUT2D eigenvalue weighted by atomic mass is 32.1. The van der Waals surface area contributed by atoms with Crippen molar-refractivity contribution in [2.75, 3.05) is 5.32 Å². The lowest BCUT2D eigenvalue weighted by Gasteiger charge is -1.98. The van der Waals surface area contributed by atoms with Crippen LogP contribution in [0.5, 0.6) is 0 Å². The molecular formula is C12H9N5O4S. The summed E-state index contributed by atoms with van der Waals surface area (Å²) in [4.78, 5) is 25.9. The highest BCUT2D eigenvalue weighted by molar-refractivity contribution is 7.13. The predicted molar refractivity (Wildman–Crippen MR) is 76.8 cm³/mol. The van der Waals surface area contributed by atoms with Gasteiger partial charge in [-0.1, -0.05) is 0 Å². The van der Waals surface area contributed by atoms with Crippen molar-refractivity contribution in [2.24, 2.45) is 0 Å². The number of nitrogens with one attached hydrogen (secondary N) is 1. The number of amides is 1. The molecule has 1 amide bonds. The Bertz CT molecular complexity index is 807. The maximum atomic E-state index is 11.9. The zero-order valence-electron chi connectivity index (χ0n) is 11.0. The van der Waals surface area contributed by atoms with Crippen LogP contribution < -0.4 is 5.32 Å². The summed E-state index contributed by atoms with van der Waals surface area (Å²) in [6.07, 6.45) is 4.02. The van der Waals surface area contributed by atoms with Crippen LogP contribution in [-0.4, -0.2) is 25.6 Å². The molecule has 3 heterocycles. The molecule has 0 fully saturated rings. The number of carbonyl (C=O) groups excluding carboxylic acids is 1.